The van der Waals surface area contributed by atoms with Crippen molar-refractivity contribution in [3.63, 3.8) is 0 Å². The molecule has 1 spiro atoms. The number of nitrogens with one attached hydrogen (secondary N) is 1. The smallest absolute Gasteiger partial charge is 0.304 e. The monoisotopic (exact) mass is 704 g/mol. The van der Waals surface area contributed by atoms with Gasteiger partial charge in [-0.2, -0.15) is 12.7 Å². The van der Waals surface area contributed by atoms with E-state index in [0.717, 1.165) is 37.8 Å². The molecule has 9 nitrogen and oxygen atoms in total. The van der Waals surface area contributed by atoms with Crippen molar-refractivity contribution in [2.45, 2.75) is 69.6 Å². The molecule has 1 aliphatic heterocycles. The van der Waals surface area contributed by atoms with Crippen molar-refractivity contribution in [1.82, 2.24) is 14.0 Å². The van der Waals surface area contributed by atoms with Crippen molar-refractivity contribution in [1.29, 1.82) is 0 Å². The van der Waals surface area contributed by atoms with Gasteiger partial charge in [0.05, 0.1) is 30.6 Å². The summed E-state index contributed by atoms with van der Waals surface area (Å²) in [5, 5.41) is 11.4. The van der Waals surface area contributed by atoms with Crippen LogP contribution < -0.4 is 14.4 Å². The molecule has 1 amide bonds. The Kier molecular flexibility index (Phi) is 10.5. The van der Waals surface area contributed by atoms with E-state index in [2.05, 4.69) is 39.9 Å². The fraction of sp³-hybridized carbons (Fsp3) is 0.421. The van der Waals surface area contributed by atoms with Crippen molar-refractivity contribution in [2.24, 2.45) is 11.8 Å². The molecule has 0 radical (unpaired) electrons. The molecule has 0 saturated heterocycles. The van der Waals surface area contributed by atoms with Gasteiger partial charge in [-0.05, 0) is 111 Å². The van der Waals surface area contributed by atoms with Gasteiger partial charge in [0.2, 0.25) is 0 Å². The van der Waals surface area contributed by atoms with Crippen LogP contribution in [0.3, 0.4) is 0 Å². The van der Waals surface area contributed by atoms with E-state index < -0.39 is 28.3 Å². The van der Waals surface area contributed by atoms with E-state index in [-0.39, 0.29) is 29.4 Å². The molecule has 5 atom stereocenters. The Morgan fingerprint density at radius 3 is 2.78 bits per heavy atom. The van der Waals surface area contributed by atoms with Gasteiger partial charge >= 0.3 is 10.2 Å². The summed E-state index contributed by atoms with van der Waals surface area (Å²) < 4.78 is 37.7. The summed E-state index contributed by atoms with van der Waals surface area (Å²) in [6.45, 7) is 11.1. The Bertz CT molecular complexity index is 1800. The Hall–Kier alpha value is -3.70. The van der Waals surface area contributed by atoms with Gasteiger partial charge in [0.15, 0.2) is 0 Å². The molecule has 2 aromatic carbocycles. The number of nitrogens with zero attached hydrogens (tertiary/aromatic N) is 3. The summed E-state index contributed by atoms with van der Waals surface area (Å²) in [6, 6.07) is 16.1. The third-order valence-electron chi connectivity index (χ3n) is 10.5. The summed E-state index contributed by atoms with van der Waals surface area (Å²) in [5.41, 5.74) is 3.63. The van der Waals surface area contributed by atoms with Gasteiger partial charge in [-0.3, -0.25) is 9.78 Å². The van der Waals surface area contributed by atoms with E-state index in [1.807, 2.05) is 6.07 Å². The molecule has 2 aliphatic carbocycles. The van der Waals surface area contributed by atoms with Gasteiger partial charge < -0.3 is 14.7 Å². The van der Waals surface area contributed by atoms with Crippen LogP contribution in [0.1, 0.15) is 66.2 Å². The Morgan fingerprint density at radius 2 is 2.06 bits per heavy atom. The molecule has 1 aromatic heterocycles. The van der Waals surface area contributed by atoms with E-state index in [0.29, 0.717) is 42.6 Å². The molecule has 260 valence electrons. The number of pyridine rings is 1. The molecule has 1 fully saturated rings. The summed E-state index contributed by atoms with van der Waals surface area (Å²) in [5.74, 6) is 0.208. The molecule has 2 heterocycles. The summed E-state index contributed by atoms with van der Waals surface area (Å²) in [6.07, 6.45) is 9.42. The number of rotatable bonds is 12. The van der Waals surface area contributed by atoms with Crippen molar-refractivity contribution >= 4 is 33.4 Å². The van der Waals surface area contributed by atoms with E-state index >= 15 is 0 Å². The number of hydrogen-bond acceptors (Lipinski definition) is 7. The number of aromatic nitrogens is 1. The Balaban J connectivity index is 1.32. The highest BCUT2D eigenvalue weighted by Gasteiger charge is 2.44. The SMILES string of the molecule is C=CC[C@H](C)N(Cc1ccccn1)S(=O)(=O)NC(=O)c1ccc2c(c1)N(C[C@@H]1CC[C@H]1[C@@H](O)C=C)C[C@@]1(CCCc3cc(Cl)ccc31)CO2. The number of anilines is 1. The van der Waals surface area contributed by atoms with Crippen LogP contribution in [0, 0.1) is 11.8 Å². The van der Waals surface area contributed by atoms with E-state index in [1.165, 1.54) is 15.4 Å². The fourth-order valence-electron chi connectivity index (χ4n) is 7.71. The first-order valence-corrected chi connectivity index (χ1v) is 18.8. The lowest BCUT2D eigenvalue weighted by molar-refractivity contribution is 0.0460. The van der Waals surface area contributed by atoms with Gasteiger partial charge in [0.25, 0.3) is 5.91 Å². The topological polar surface area (TPSA) is 112 Å². The first-order chi connectivity index (χ1) is 23.5. The molecular weight excluding hydrogens is 660 g/mol. The largest absolute Gasteiger partial charge is 0.490 e. The average molecular weight is 705 g/mol. The van der Waals surface area contributed by atoms with Crippen LogP contribution in [-0.4, -0.2) is 60.6 Å². The van der Waals surface area contributed by atoms with Crippen molar-refractivity contribution in [3.8, 4) is 5.75 Å². The number of aliphatic hydroxyl groups is 1. The van der Waals surface area contributed by atoms with E-state index in [9.17, 15) is 18.3 Å². The number of halogens is 1. The summed E-state index contributed by atoms with van der Waals surface area (Å²) in [4.78, 5) is 20.3. The molecule has 49 heavy (non-hydrogen) atoms. The lowest BCUT2D eigenvalue weighted by Crippen LogP contribution is -2.49. The minimum Gasteiger partial charge on any atom is -0.490 e. The number of carbonyl (C=O) groups is 1. The van der Waals surface area contributed by atoms with Crippen LogP contribution in [-0.2, 0) is 28.6 Å². The average Bonchev–Trinajstić information content (AvgIpc) is 3.22. The van der Waals surface area contributed by atoms with Crippen LogP contribution in [0.2, 0.25) is 5.02 Å². The van der Waals surface area contributed by atoms with Crippen LogP contribution in [0.5, 0.6) is 5.75 Å². The number of aryl methyl sites for hydroxylation is 1. The minimum absolute atomic E-state index is 0.00184. The van der Waals surface area contributed by atoms with Crippen molar-refractivity contribution in [3.05, 3.63) is 114 Å². The molecule has 3 aliphatic rings. The van der Waals surface area contributed by atoms with Gasteiger partial charge in [-0.1, -0.05) is 35.9 Å². The normalized spacial score (nSPS) is 22.9. The van der Waals surface area contributed by atoms with E-state index in [1.54, 1.807) is 61.7 Å². The van der Waals surface area contributed by atoms with Crippen LogP contribution >= 0.6 is 11.6 Å². The second kappa shape index (κ2) is 14.6. The Labute approximate surface area is 294 Å². The van der Waals surface area contributed by atoms with Crippen LogP contribution in [0.25, 0.3) is 0 Å². The number of hydrogen-bond donors (Lipinski definition) is 2. The maximum Gasteiger partial charge on any atom is 0.304 e. The highest BCUT2D eigenvalue weighted by atomic mass is 35.5. The number of ether oxygens (including phenoxy) is 1. The third kappa shape index (κ3) is 7.43. The fourth-order valence-corrected chi connectivity index (χ4v) is 9.23. The van der Waals surface area contributed by atoms with Gasteiger partial charge in [0, 0.05) is 41.3 Å². The highest BCUT2D eigenvalue weighted by molar-refractivity contribution is 7.87. The molecule has 0 bridgehead atoms. The molecule has 6 rings (SSSR count). The molecular formula is C38H45ClN4O5S. The van der Waals surface area contributed by atoms with Gasteiger partial charge in [-0.25, -0.2) is 4.72 Å². The number of carbonyl (C=O) groups excluding carboxylic acids is 1. The molecule has 11 heteroatoms. The summed E-state index contributed by atoms with van der Waals surface area (Å²) >= 11 is 6.41. The molecule has 2 N–H and O–H groups in total. The Morgan fingerprint density at radius 1 is 1.22 bits per heavy atom. The maximum atomic E-state index is 13.8. The van der Waals surface area contributed by atoms with Crippen LogP contribution in [0.15, 0.2) is 86.1 Å². The van der Waals surface area contributed by atoms with Crippen molar-refractivity contribution < 1.29 is 23.1 Å². The zero-order valence-electron chi connectivity index (χ0n) is 27.9. The lowest BCUT2D eigenvalue weighted by Gasteiger charge is -2.45. The first kappa shape index (κ1) is 35.1. The molecule has 0 unspecified atom stereocenters. The third-order valence-corrected chi connectivity index (χ3v) is 12.3. The first-order valence-electron chi connectivity index (χ1n) is 17.0. The quantitative estimate of drug-likeness (QED) is 0.215. The number of amides is 1. The molecule has 1 saturated carbocycles. The standard InChI is InChI=1S/C38H45ClN4O5S/c1-4-9-26(3)43(23-31-11-6-7-19-40-31)49(46,47)41-37(45)28-13-17-36-34(21-28)42(22-29-12-15-32(29)35(44)5-2)24-38(25-48-36)18-8-10-27-20-30(39)14-16-33(27)38/h4-7,11,13-14,16-17,19-21,26,29,32,35,44H,1-2,8-10,12,15,18,22-25H2,3H3,(H,41,45)/t26-,29-,32+,35-,38-/m0/s1. The second-order valence-electron chi connectivity index (χ2n) is 13.7. The molecule has 3 aromatic rings. The second-order valence-corrected chi connectivity index (χ2v) is 15.8. The number of fused-ring (bicyclic) bond motifs is 3. The number of benzene rings is 2. The van der Waals surface area contributed by atoms with Gasteiger partial charge in [-0.15, -0.1) is 13.2 Å². The summed E-state index contributed by atoms with van der Waals surface area (Å²) in [7, 11) is -4.27. The minimum atomic E-state index is -4.27. The zero-order chi connectivity index (χ0) is 34.8. The van der Waals surface area contributed by atoms with E-state index in [4.69, 9.17) is 16.3 Å². The maximum absolute atomic E-state index is 13.8. The lowest BCUT2D eigenvalue weighted by atomic mass is 9.68. The predicted molar refractivity (Wildman–Crippen MR) is 193 cm³/mol. The van der Waals surface area contributed by atoms with Gasteiger partial charge in [0.1, 0.15) is 5.75 Å². The number of aliphatic hydroxyl groups excluding tert-OH is 1. The predicted octanol–water partition coefficient (Wildman–Crippen LogP) is 6.22. The van der Waals surface area contributed by atoms with Crippen LogP contribution in [0.4, 0.5) is 5.69 Å². The van der Waals surface area contributed by atoms with Crippen molar-refractivity contribution in [2.75, 3.05) is 24.6 Å². The zero-order valence-corrected chi connectivity index (χ0v) is 29.5. The highest BCUT2D eigenvalue weighted by Crippen LogP contribution is 2.46.